The van der Waals surface area contributed by atoms with Gasteiger partial charge in [0.15, 0.2) is 5.43 Å². The number of hydrogen-bond acceptors (Lipinski definition) is 4. The van der Waals surface area contributed by atoms with Gasteiger partial charge in [0.1, 0.15) is 5.56 Å². The summed E-state index contributed by atoms with van der Waals surface area (Å²) in [7, 11) is 1.51. The first-order chi connectivity index (χ1) is 8.19. The zero-order valence-electron chi connectivity index (χ0n) is 9.60. The number of aliphatic hydroxyl groups excluding tert-OH is 1. The monoisotopic (exact) mass is 240 g/mol. The average molecular weight is 240 g/mol. The fourth-order valence-electron chi connectivity index (χ4n) is 1.41. The zero-order chi connectivity index (χ0) is 12.7. The van der Waals surface area contributed by atoms with E-state index < -0.39 is 5.91 Å². The molecule has 0 fully saturated rings. The van der Waals surface area contributed by atoms with Gasteiger partial charge in [-0.3, -0.25) is 9.59 Å². The highest BCUT2D eigenvalue weighted by atomic mass is 16.5. The molecule has 1 heterocycles. The number of aromatic amines is 1. The molecule has 1 aromatic heterocycles. The maximum Gasteiger partial charge on any atom is 0.257 e. The van der Waals surface area contributed by atoms with Crippen molar-refractivity contribution in [3.05, 3.63) is 34.2 Å². The predicted molar refractivity (Wildman–Crippen MR) is 61.9 cm³/mol. The van der Waals surface area contributed by atoms with Crippen LogP contribution in [0.3, 0.4) is 0 Å². The van der Waals surface area contributed by atoms with Gasteiger partial charge in [-0.2, -0.15) is 0 Å². The Labute approximate surface area is 98.6 Å². The first-order valence-corrected chi connectivity index (χ1v) is 5.26. The maximum atomic E-state index is 11.8. The predicted octanol–water partition coefficient (Wildman–Crippen LogP) is -0.498. The van der Waals surface area contributed by atoms with E-state index in [9.17, 15) is 9.59 Å². The fourth-order valence-corrected chi connectivity index (χ4v) is 1.41. The Morgan fingerprint density at radius 1 is 1.65 bits per heavy atom. The smallest absolute Gasteiger partial charge is 0.257 e. The van der Waals surface area contributed by atoms with E-state index in [1.165, 1.54) is 25.6 Å². The molecule has 1 unspecified atom stereocenters. The molecule has 0 saturated carbocycles. The minimum absolute atomic E-state index is 0.0477. The van der Waals surface area contributed by atoms with Gasteiger partial charge in [-0.15, -0.1) is 0 Å². The Kier molecular flexibility index (Phi) is 5.38. The lowest BCUT2D eigenvalue weighted by Gasteiger charge is -2.16. The van der Waals surface area contributed by atoms with E-state index in [2.05, 4.69) is 10.3 Å². The number of amides is 1. The zero-order valence-corrected chi connectivity index (χ0v) is 9.60. The fraction of sp³-hybridized carbons (Fsp3) is 0.455. The molecule has 0 saturated heterocycles. The van der Waals surface area contributed by atoms with Gasteiger partial charge in [0.25, 0.3) is 5.91 Å². The largest absolute Gasteiger partial charge is 0.396 e. The lowest BCUT2D eigenvalue weighted by molar-refractivity contribution is 0.0877. The van der Waals surface area contributed by atoms with Crippen molar-refractivity contribution in [1.82, 2.24) is 10.3 Å². The second-order valence-electron chi connectivity index (χ2n) is 3.56. The van der Waals surface area contributed by atoms with Crippen LogP contribution in [0.5, 0.6) is 0 Å². The molecular weight excluding hydrogens is 224 g/mol. The molecule has 0 aromatic carbocycles. The van der Waals surface area contributed by atoms with Crippen molar-refractivity contribution in [2.24, 2.45) is 0 Å². The first-order valence-electron chi connectivity index (χ1n) is 5.26. The number of carbonyl (C=O) groups excluding carboxylic acids is 1. The van der Waals surface area contributed by atoms with Gasteiger partial charge < -0.3 is 20.1 Å². The summed E-state index contributed by atoms with van der Waals surface area (Å²) >= 11 is 0. The molecule has 0 aliphatic rings. The van der Waals surface area contributed by atoms with E-state index in [1.54, 1.807) is 0 Å². The number of aliphatic hydroxyl groups is 1. The highest BCUT2D eigenvalue weighted by Gasteiger charge is 2.15. The Hall–Kier alpha value is -1.66. The summed E-state index contributed by atoms with van der Waals surface area (Å²) in [5.41, 5.74) is -0.298. The molecule has 0 aliphatic carbocycles. The van der Waals surface area contributed by atoms with Gasteiger partial charge in [-0.1, -0.05) is 0 Å². The van der Waals surface area contributed by atoms with Crippen LogP contribution >= 0.6 is 0 Å². The number of carbonyl (C=O) groups is 1. The van der Waals surface area contributed by atoms with Crippen molar-refractivity contribution in [3.63, 3.8) is 0 Å². The molecule has 1 rings (SSSR count). The van der Waals surface area contributed by atoms with E-state index in [0.717, 1.165) is 0 Å². The topological polar surface area (TPSA) is 91.4 Å². The van der Waals surface area contributed by atoms with Gasteiger partial charge in [-0.25, -0.2) is 0 Å². The molecule has 0 bridgehead atoms. The third-order valence-electron chi connectivity index (χ3n) is 2.25. The van der Waals surface area contributed by atoms with E-state index in [1.807, 2.05) is 0 Å². The SMILES string of the molecule is COCC(CCO)NC(=O)c1c[nH]ccc1=O. The second-order valence-corrected chi connectivity index (χ2v) is 3.56. The van der Waals surface area contributed by atoms with Gasteiger partial charge >= 0.3 is 0 Å². The Morgan fingerprint density at radius 2 is 2.41 bits per heavy atom. The molecule has 1 amide bonds. The third kappa shape index (κ3) is 4.01. The Morgan fingerprint density at radius 3 is 3.00 bits per heavy atom. The minimum atomic E-state index is -0.470. The van der Waals surface area contributed by atoms with Crippen LogP contribution in [0.15, 0.2) is 23.3 Å². The summed E-state index contributed by atoms with van der Waals surface area (Å²) in [5.74, 6) is -0.470. The first kappa shape index (κ1) is 13.4. The summed E-state index contributed by atoms with van der Waals surface area (Å²) in [5, 5.41) is 11.5. The summed E-state index contributed by atoms with van der Waals surface area (Å²) in [6, 6.07) is 0.976. The average Bonchev–Trinajstić information content (AvgIpc) is 2.30. The van der Waals surface area contributed by atoms with Crippen LogP contribution in [0, 0.1) is 0 Å². The molecule has 0 aliphatic heterocycles. The molecule has 94 valence electrons. The van der Waals surface area contributed by atoms with E-state index in [0.29, 0.717) is 6.42 Å². The van der Waals surface area contributed by atoms with Gasteiger partial charge in [0.2, 0.25) is 0 Å². The molecule has 1 atom stereocenters. The molecule has 3 N–H and O–H groups in total. The van der Waals surface area contributed by atoms with Crippen LogP contribution in [0.25, 0.3) is 0 Å². The highest BCUT2D eigenvalue weighted by Crippen LogP contribution is 1.95. The summed E-state index contributed by atoms with van der Waals surface area (Å²) in [6.07, 6.45) is 3.18. The van der Waals surface area contributed by atoms with E-state index >= 15 is 0 Å². The van der Waals surface area contributed by atoms with Crippen LogP contribution in [-0.4, -0.2) is 42.4 Å². The number of hydrogen-bond donors (Lipinski definition) is 3. The van der Waals surface area contributed by atoms with Crippen LogP contribution in [0.1, 0.15) is 16.8 Å². The quantitative estimate of drug-likeness (QED) is 0.625. The number of H-pyrrole nitrogens is 1. The third-order valence-corrected chi connectivity index (χ3v) is 2.25. The van der Waals surface area contributed by atoms with Gasteiger partial charge in [0.05, 0.1) is 12.6 Å². The summed E-state index contributed by atoms with van der Waals surface area (Å²) in [4.78, 5) is 25.8. The summed E-state index contributed by atoms with van der Waals surface area (Å²) < 4.78 is 4.91. The molecule has 6 heteroatoms. The molecule has 0 radical (unpaired) electrons. The van der Waals surface area contributed by atoms with E-state index in [4.69, 9.17) is 9.84 Å². The van der Waals surface area contributed by atoms with Crippen molar-refractivity contribution in [1.29, 1.82) is 0 Å². The van der Waals surface area contributed by atoms with Crippen molar-refractivity contribution >= 4 is 5.91 Å². The number of methoxy groups -OCH3 is 1. The summed E-state index contributed by atoms with van der Waals surface area (Å²) in [6.45, 7) is 0.233. The second kappa shape index (κ2) is 6.82. The molecule has 0 spiro atoms. The van der Waals surface area contributed by atoms with Crippen LogP contribution in [0.2, 0.25) is 0 Å². The maximum absolute atomic E-state index is 11.8. The van der Waals surface area contributed by atoms with Crippen LogP contribution in [0.4, 0.5) is 0 Å². The molecular formula is C11H16N2O4. The van der Waals surface area contributed by atoms with Crippen molar-refractivity contribution in [2.45, 2.75) is 12.5 Å². The molecule has 17 heavy (non-hydrogen) atoms. The number of aromatic nitrogens is 1. The Bertz CT molecular complexity index is 410. The van der Waals surface area contributed by atoms with Crippen LogP contribution in [-0.2, 0) is 4.74 Å². The van der Waals surface area contributed by atoms with Crippen LogP contribution < -0.4 is 10.7 Å². The lowest BCUT2D eigenvalue weighted by Crippen LogP contribution is -2.40. The Balaban J connectivity index is 2.70. The lowest BCUT2D eigenvalue weighted by atomic mass is 10.2. The number of ether oxygens (including phenoxy) is 1. The normalized spacial score (nSPS) is 12.1. The van der Waals surface area contributed by atoms with Crippen molar-refractivity contribution in [2.75, 3.05) is 20.3 Å². The van der Waals surface area contributed by atoms with Crippen molar-refractivity contribution < 1.29 is 14.6 Å². The number of pyridine rings is 1. The van der Waals surface area contributed by atoms with E-state index in [-0.39, 0.29) is 30.2 Å². The number of nitrogens with one attached hydrogen (secondary N) is 2. The van der Waals surface area contributed by atoms with Gasteiger partial charge in [-0.05, 0) is 6.42 Å². The molecule has 1 aromatic rings. The van der Waals surface area contributed by atoms with Gasteiger partial charge in [0, 0.05) is 32.2 Å². The number of rotatable bonds is 6. The minimum Gasteiger partial charge on any atom is -0.396 e. The standard InChI is InChI=1S/C11H16N2O4/c1-17-7-8(3-5-14)13-11(16)9-6-12-4-2-10(9)15/h2,4,6,8,14H,3,5,7H2,1H3,(H,12,15)(H,13,16). The van der Waals surface area contributed by atoms with Crippen molar-refractivity contribution in [3.8, 4) is 0 Å². The molecule has 6 nitrogen and oxygen atoms in total. The highest BCUT2D eigenvalue weighted by molar-refractivity contribution is 5.93.